The van der Waals surface area contributed by atoms with E-state index in [-0.39, 0.29) is 23.8 Å². The number of amides is 1. The summed E-state index contributed by atoms with van der Waals surface area (Å²) in [5.41, 5.74) is -0.565. The maximum absolute atomic E-state index is 12.1. The molecule has 1 amide bonds. The number of rotatable bonds is 7. The quantitative estimate of drug-likeness (QED) is 0.731. The van der Waals surface area contributed by atoms with Gasteiger partial charge in [0.1, 0.15) is 5.60 Å². The molecule has 0 aromatic carbocycles. The van der Waals surface area contributed by atoms with Crippen LogP contribution in [0.3, 0.4) is 0 Å². The van der Waals surface area contributed by atoms with Crippen molar-refractivity contribution in [3.63, 3.8) is 0 Å². The van der Waals surface area contributed by atoms with Gasteiger partial charge in [0.2, 0.25) is 0 Å². The summed E-state index contributed by atoms with van der Waals surface area (Å²) in [5.74, 6) is 0.0328. The lowest BCUT2D eigenvalue weighted by molar-refractivity contribution is -0.148. The number of alkyl carbamates (subject to hydrolysis) is 1. The summed E-state index contributed by atoms with van der Waals surface area (Å²) in [5, 5.41) is 2.82. The molecule has 0 bridgehead atoms. The van der Waals surface area contributed by atoms with Crippen molar-refractivity contribution in [3.05, 3.63) is 0 Å². The lowest BCUT2D eigenvalue weighted by atomic mass is 9.92. The Morgan fingerprint density at radius 3 is 2.19 bits per heavy atom. The zero-order valence-electron chi connectivity index (χ0n) is 14.2. The average Bonchev–Trinajstić information content (AvgIpc) is 2.31. The molecule has 124 valence electrons. The highest BCUT2D eigenvalue weighted by molar-refractivity contribution is 7.98. The number of thioether (sulfide) groups is 1. The summed E-state index contributed by atoms with van der Waals surface area (Å²) in [7, 11) is 0. The summed E-state index contributed by atoms with van der Waals surface area (Å²) >= 11 is 1.56. The molecule has 0 saturated carbocycles. The van der Waals surface area contributed by atoms with Crippen molar-refractivity contribution in [1.82, 2.24) is 5.32 Å². The maximum atomic E-state index is 12.1. The van der Waals surface area contributed by atoms with E-state index in [1.54, 1.807) is 18.7 Å². The normalized spacial score (nSPS) is 14.5. The van der Waals surface area contributed by atoms with E-state index < -0.39 is 11.7 Å². The first-order valence-corrected chi connectivity index (χ1v) is 8.66. The minimum absolute atomic E-state index is 0.0964. The summed E-state index contributed by atoms with van der Waals surface area (Å²) in [6.07, 6.45) is 1.42. The zero-order valence-corrected chi connectivity index (χ0v) is 15.0. The predicted octanol–water partition coefficient (Wildman–Crippen LogP) is 3.08. The van der Waals surface area contributed by atoms with Gasteiger partial charge in [-0.1, -0.05) is 13.8 Å². The first-order chi connectivity index (χ1) is 9.62. The minimum Gasteiger partial charge on any atom is -0.466 e. The Hall–Kier alpha value is -0.910. The highest BCUT2D eigenvalue weighted by Crippen LogP contribution is 2.20. The molecule has 1 N–H and O–H groups in total. The van der Waals surface area contributed by atoms with Gasteiger partial charge in [0, 0.05) is 11.8 Å². The van der Waals surface area contributed by atoms with Gasteiger partial charge in [0.15, 0.2) is 0 Å². The molecule has 5 nitrogen and oxygen atoms in total. The van der Waals surface area contributed by atoms with Crippen LogP contribution in [-0.4, -0.2) is 42.3 Å². The van der Waals surface area contributed by atoms with Gasteiger partial charge in [-0.15, -0.1) is 0 Å². The SMILES string of the molecule is CCOC(=O)C(CSC)[C@H](NC(=O)OC(C)(C)C)C(C)C. The number of esters is 1. The van der Waals surface area contributed by atoms with Crippen molar-refractivity contribution >= 4 is 23.8 Å². The van der Waals surface area contributed by atoms with E-state index in [1.807, 2.05) is 40.9 Å². The molecular weight excluding hydrogens is 290 g/mol. The Balaban J connectivity index is 4.97. The highest BCUT2D eigenvalue weighted by atomic mass is 32.2. The Morgan fingerprint density at radius 2 is 1.81 bits per heavy atom. The molecule has 6 heteroatoms. The number of nitrogens with one attached hydrogen (secondary N) is 1. The molecule has 0 heterocycles. The largest absolute Gasteiger partial charge is 0.466 e. The van der Waals surface area contributed by atoms with E-state index >= 15 is 0 Å². The molecule has 1 unspecified atom stereocenters. The minimum atomic E-state index is -0.565. The van der Waals surface area contributed by atoms with Crippen LogP contribution >= 0.6 is 11.8 Å². The molecule has 0 saturated heterocycles. The molecule has 0 rings (SSSR count). The summed E-state index contributed by atoms with van der Waals surface area (Å²) in [6, 6.07) is -0.314. The second kappa shape index (κ2) is 9.18. The van der Waals surface area contributed by atoms with Gasteiger partial charge in [-0.3, -0.25) is 4.79 Å². The first kappa shape index (κ1) is 20.1. The number of carbonyl (C=O) groups excluding carboxylic acids is 2. The lowest BCUT2D eigenvalue weighted by Crippen LogP contribution is -2.49. The van der Waals surface area contributed by atoms with Crippen LogP contribution in [0.2, 0.25) is 0 Å². The Labute approximate surface area is 132 Å². The molecule has 0 radical (unpaired) electrons. The van der Waals surface area contributed by atoms with Gasteiger partial charge >= 0.3 is 12.1 Å². The Bertz CT molecular complexity index is 339. The monoisotopic (exact) mass is 319 g/mol. The van der Waals surface area contributed by atoms with E-state index in [1.165, 1.54) is 0 Å². The summed E-state index contributed by atoms with van der Waals surface area (Å²) < 4.78 is 10.4. The van der Waals surface area contributed by atoms with E-state index in [0.29, 0.717) is 12.4 Å². The van der Waals surface area contributed by atoms with E-state index in [4.69, 9.17) is 9.47 Å². The molecule has 2 atom stereocenters. The average molecular weight is 319 g/mol. The van der Waals surface area contributed by atoms with Crippen molar-refractivity contribution in [2.24, 2.45) is 11.8 Å². The fourth-order valence-electron chi connectivity index (χ4n) is 1.92. The van der Waals surface area contributed by atoms with Gasteiger partial charge < -0.3 is 14.8 Å². The van der Waals surface area contributed by atoms with Crippen LogP contribution in [0.15, 0.2) is 0 Å². The van der Waals surface area contributed by atoms with Crippen molar-refractivity contribution < 1.29 is 19.1 Å². The topological polar surface area (TPSA) is 64.6 Å². The third-order valence-electron chi connectivity index (χ3n) is 2.77. The third kappa shape index (κ3) is 8.19. The third-order valence-corrected chi connectivity index (χ3v) is 3.46. The van der Waals surface area contributed by atoms with E-state index in [2.05, 4.69) is 5.32 Å². The Kier molecular flexibility index (Phi) is 8.78. The number of hydrogen-bond donors (Lipinski definition) is 1. The molecule has 0 aliphatic heterocycles. The Morgan fingerprint density at radius 1 is 1.24 bits per heavy atom. The van der Waals surface area contributed by atoms with Gasteiger partial charge in [0.05, 0.1) is 12.5 Å². The molecule has 0 aliphatic carbocycles. The number of ether oxygens (including phenoxy) is 2. The molecular formula is C15H29NO4S. The second-order valence-electron chi connectivity index (χ2n) is 6.23. The van der Waals surface area contributed by atoms with Crippen molar-refractivity contribution in [1.29, 1.82) is 0 Å². The van der Waals surface area contributed by atoms with Gasteiger partial charge in [-0.05, 0) is 39.9 Å². The van der Waals surface area contributed by atoms with Gasteiger partial charge in [-0.2, -0.15) is 11.8 Å². The van der Waals surface area contributed by atoms with Crippen molar-refractivity contribution in [2.45, 2.75) is 53.2 Å². The second-order valence-corrected chi connectivity index (χ2v) is 7.14. The molecule has 0 aromatic heterocycles. The number of carbonyl (C=O) groups is 2. The van der Waals surface area contributed by atoms with E-state index in [0.717, 1.165) is 0 Å². The van der Waals surface area contributed by atoms with Crippen LogP contribution in [0.5, 0.6) is 0 Å². The fourth-order valence-corrected chi connectivity index (χ4v) is 2.63. The molecule has 0 fully saturated rings. The van der Waals surface area contributed by atoms with Crippen LogP contribution < -0.4 is 5.32 Å². The van der Waals surface area contributed by atoms with Crippen LogP contribution in [0.25, 0.3) is 0 Å². The van der Waals surface area contributed by atoms with Crippen LogP contribution in [0.1, 0.15) is 41.5 Å². The molecule has 21 heavy (non-hydrogen) atoms. The lowest BCUT2D eigenvalue weighted by Gasteiger charge is -2.30. The van der Waals surface area contributed by atoms with Crippen LogP contribution in [-0.2, 0) is 14.3 Å². The predicted molar refractivity (Wildman–Crippen MR) is 86.5 cm³/mol. The van der Waals surface area contributed by atoms with Gasteiger partial charge in [-0.25, -0.2) is 4.79 Å². The van der Waals surface area contributed by atoms with Crippen molar-refractivity contribution in [3.8, 4) is 0 Å². The zero-order chi connectivity index (χ0) is 16.6. The molecule has 0 aromatic rings. The molecule has 0 aliphatic rings. The first-order valence-electron chi connectivity index (χ1n) is 7.27. The standard InChI is InChI=1S/C15H29NO4S/c1-8-19-13(17)11(9-21-7)12(10(2)3)16-14(18)20-15(4,5)6/h10-12H,8-9H2,1-7H3,(H,16,18)/t11?,12-/m1/s1. The van der Waals surface area contributed by atoms with Crippen LogP contribution in [0.4, 0.5) is 4.79 Å². The maximum Gasteiger partial charge on any atom is 0.407 e. The van der Waals surface area contributed by atoms with Gasteiger partial charge in [0.25, 0.3) is 0 Å². The summed E-state index contributed by atoms with van der Waals surface area (Å²) in [6.45, 7) is 11.5. The summed E-state index contributed by atoms with van der Waals surface area (Å²) in [4.78, 5) is 24.1. The smallest absolute Gasteiger partial charge is 0.407 e. The fraction of sp³-hybridized carbons (Fsp3) is 0.867. The van der Waals surface area contributed by atoms with Crippen molar-refractivity contribution in [2.75, 3.05) is 18.6 Å². The van der Waals surface area contributed by atoms with Crippen LogP contribution in [0, 0.1) is 11.8 Å². The van der Waals surface area contributed by atoms with E-state index in [9.17, 15) is 9.59 Å². The highest BCUT2D eigenvalue weighted by Gasteiger charge is 2.33. The number of hydrogen-bond acceptors (Lipinski definition) is 5. The molecule has 0 spiro atoms.